The topological polar surface area (TPSA) is 194 Å². The van der Waals surface area contributed by atoms with E-state index in [0.717, 1.165) is 38.8 Å². The van der Waals surface area contributed by atoms with Crippen LogP contribution in [0.1, 0.15) is 67.2 Å². The van der Waals surface area contributed by atoms with Crippen LogP contribution in [0.5, 0.6) is 0 Å². The Morgan fingerprint density at radius 3 is 1.50 bits per heavy atom. The zero-order valence-corrected chi connectivity index (χ0v) is 26.1. The number of ether oxygens (including phenoxy) is 2. The number of nitrogens with zero attached hydrogens (tertiary/aromatic N) is 3. The van der Waals surface area contributed by atoms with Crippen LogP contribution in [0.3, 0.4) is 0 Å². The summed E-state index contributed by atoms with van der Waals surface area (Å²) in [5, 5.41) is 33.7. The third-order valence-electron chi connectivity index (χ3n) is 6.40. The van der Waals surface area contributed by atoms with Gasteiger partial charge in [0.15, 0.2) is 0 Å². The summed E-state index contributed by atoms with van der Waals surface area (Å²) < 4.78 is 10.2. The van der Waals surface area contributed by atoms with Crippen molar-refractivity contribution in [2.24, 2.45) is 23.7 Å². The summed E-state index contributed by atoms with van der Waals surface area (Å²) in [4.78, 5) is 47.9. The molecular weight excluding hydrogens is 568 g/mol. The molecule has 0 unspecified atom stereocenters. The van der Waals surface area contributed by atoms with Crippen molar-refractivity contribution in [3.05, 3.63) is 0 Å². The Hall–Kier alpha value is -3.29. The molecule has 0 aromatic rings. The molecule has 0 spiro atoms. The van der Waals surface area contributed by atoms with E-state index in [1.165, 1.54) is 0 Å². The molecule has 0 aromatic carbocycles. The molecule has 2 saturated heterocycles. The van der Waals surface area contributed by atoms with Gasteiger partial charge in [-0.3, -0.25) is 4.79 Å². The molecule has 42 heavy (non-hydrogen) atoms. The molecule has 2 aliphatic carbocycles. The number of hydrogen-bond donors (Lipinski definition) is 4. The third kappa shape index (κ3) is 13.6. The molecule has 4 aliphatic rings. The van der Waals surface area contributed by atoms with Crippen LogP contribution in [-0.2, 0) is 19.1 Å². The number of halogens is 1. The quantitative estimate of drug-likeness (QED) is 0.346. The lowest BCUT2D eigenvalue weighted by atomic mass is 10.00. The van der Waals surface area contributed by atoms with E-state index in [9.17, 15) is 19.2 Å². The molecule has 3 amide bonds. The minimum absolute atomic E-state index is 0. The molecule has 0 aromatic heterocycles. The number of hydrogen-bond acceptors (Lipinski definition) is 9. The SMILES string of the molecule is CC(C)(C)OC(=O)N[C@@H](C(=O)N1CC(C#N)C1)C1CC1.CC(C)(C)OC(=O)N[C@@H](C(=O)O)C1CC1.Cl.N#CC1CNC1. The average molecular weight is 613 g/mol. The zero-order valence-electron chi connectivity index (χ0n) is 25.3. The van der Waals surface area contributed by atoms with Crippen LogP contribution >= 0.6 is 12.4 Å². The average Bonchev–Trinajstić information content (AvgIpc) is 3.66. The maximum Gasteiger partial charge on any atom is 0.408 e. The van der Waals surface area contributed by atoms with Crippen LogP contribution in [0.25, 0.3) is 0 Å². The van der Waals surface area contributed by atoms with Crippen LogP contribution in [0, 0.1) is 46.3 Å². The van der Waals surface area contributed by atoms with Crippen LogP contribution < -0.4 is 16.0 Å². The summed E-state index contributed by atoms with van der Waals surface area (Å²) >= 11 is 0. The molecule has 236 valence electrons. The Morgan fingerprint density at radius 2 is 1.21 bits per heavy atom. The van der Waals surface area contributed by atoms with Crippen molar-refractivity contribution in [3.63, 3.8) is 0 Å². The largest absolute Gasteiger partial charge is 0.480 e. The van der Waals surface area contributed by atoms with Gasteiger partial charge in [0.05, 0.1) is 24.0 Å². The van der Waals surface area contributed by atoms with Gasteiger partial charge in [-0.2, -0.15) is 10.5 Å². The van der Waals surface area contributed by atoms with E-state index in [-0.39, 0.29) is 36.1 Å². The van der Waals surface area contributed by atoms with E-state index in [1.807, 2.05) is 0 Å². The molecule has 2 aliphatic heterocycles. The van der Waals surface area contributed by atoms with Gasteiger partial charge >= 0.3 is 18.2 Å². The second kappa shape index (κ2) is 15.8. The highest BCUT2D eigenvalue weighted by molar-refractivity contribution is 5.87. The fourth-order valence-electron chi connectivity index (χ4n) is 3.81. The van der Waals surface area contributed by atoms with Crippen molar-refractivity contribution in [3.8, 4) is 12.1 Å². The molecular formula is C28H45ClN6O7. The number of nitrogens with one attached hydrogen (secondary N) is 3. The van der Waals surface area contributed by atoms with Crippen molar-refractivity contribution >= 4 is 36.5 Å². The fourth-order valence-corrected chi connectivity index (χ4v) is 3.81. The lowest BCUT2D eigenvalue weighted by Crippen LogP contribution is -2.57. The van der Waals surface area contributed by atoms with Crippen molar-refractivity contribution in [1.82, 2.24) is 20.9 Å². The van der Waals surface area contributed by atoms with Gasteiger partial charge in [0.1, 0.15) is 23.3 Å². The number of carboxylic acid groups (broad SMARTS) is 1. The molecule has 14 heteroatoms. The van der Waals surface area contributed by atoms with E-state index >= 15 is 0 Å². The van der Waals surface area contributed by atoms with E-state index in [4.69, 9.17) is 25.1 Å². The number of carbonyl (C=O) groups excluding carboxylic acids is 3. The second-order valence-electron chi connectivity index (χ2n) is 12.8. The predicted molar refractivity (Wildman–Crippen MR) is 154 cm³/mol. The van der Waals surface area contributed by atoms with Gasteiger partial charge < -0.3 is 35.4 Å². The van der Waals surface area contributed by atoms with E-state index in [2.05, 4.69) is 28.1 Å². The number of rotatable bonds is 6. The number of aliphatic carboxylic acids is 1. The van der Waals surface area contributed by atoms with Gasteiger partial charge in [-0.05, 0) is 79.1 Å². The van der Waals surface area contributed by atoms with Gasteiger partial charge in [-0.1, -0.05) is 0 Å². The van der Waals surface area contributed by atoms with Crippen molar-refractivity contribution < 1.29 is 33.8 Å². The predicted octanol–water partition coefficient (Wildman–Crippen LogP) is 2.80. The minimum atomic E-state index is -0.997. The Balaban J connectivity index is 0.000000352. The summed E-state index contributed by atoms with van der Waals surface area (Å²) in [6, 6.07) is 2.96. The molecule has 4 fully saturated rings. The number of amides is 3. The van der Waals surface area contributed by atoms with Gasteiger partial charge in [0.2, 0.25) is 5.91 Å². The molecule has 4 rings (SSSR count). The number of carbonyl (C=O) groups is 4. The lowest BCUT2D eigenvalue weighted by molar-refractivity contribution is -0.140. The highest BCUT2D eigenvalue weighted by atomic mass is 35.5. The summed E-state index contributed by atoms with van der Waals surface area (Å²) in [6.45, 7) is 13.3. The summed E-state index contributed by atoms with van der Waals surface area (Å²) in [5.74, 6) is -0.579. The summed E-state index contributed by atoms with van der Waals surface area (Å²) in [7, 11) is 0. The Bertz CT molecular complexity index is 1030. The maximum absolute atomic E-state index is 12.3. The molecule has 13 nitrogen and oxygen atoms in total. The first-order chi connectivity index (χ1) is 19.0. The maximum atomic E-state index is 12.3. The third-order valence-corrected chi connectivity index (χ3v) is 6.40. The van der Waals surface area contributed by atoms with E-state index in [1.54, 1.807) is 46.4 Å². The standard InChI is InChI=1S/C14H21N3O3.C10H17NO4.C4H6N2.ClH/c1-14(2,3)20-13(19)16-11(10-4-5-10)12(18)17-7-9(6-15)8-17;1-10(2,3)15-9(14)11-7(8(12)13)6-4-5-6;5-1-4-2-6-3-4;/h9-11H,4-5,7-8H2,1-3H3,(H,16,19);6-7H,4-5H2,1-3H3,(H,11,14)(H,12,13);4,6H,2-3H2;1H/t11-;7-;;/m11../s1. The first kappa shape index (κ1) is 36.7. The second-order valence-corrected chi connectivity index (χ2v) is 12.8. The van der Waals surface area contributed by atoms with Crippen LogP contribution in [0.15, 0.2) is 0 Å². The normalized spacial score (nSPS) is 19.4. The van der Waals surface area contributed by atoms with Gasteiger partial charge in [-0.15, -0.1) is 12.4 Å². The number of likely N-dealkylation sites (tertiary alicyclic amines) is 1. The Morgan fingerprint density at radius 1 is 0.810 bits per heavy atom. The molecule has 4 N–H and O–H groups in total. The summed E-state index contributed by atoms with van der Waals surface area (Å²) in [6.07, 6.45) is 2.38. The molecule has 2 atom stereocenters. The lowest BCUT2D eigenvalue weighted by Gasteiger charge is -2.37. The van der Waals surface area contributed by atoms with Crippen LogP contribution in [0.2, 0.25) is 0 Å². The molecule has 0 bridgehead atoms. The van der Waals surface area contributed by atoms with Crippen molar-refractivity contribution in [2.45, 2.75) is 90.5 Å². The van der Waals surface area contributed by atoms with E-state index < -0.39 is 41.4 Å². The Kier molecular flexibility index (Phi) is 13.8. The number of alkyl carbamates (subject to hydrolysis) is 2. The van der Waals surface area contributed by atoms with Gasteiger partial charge in [0, 0.05) is 26.2 Å². The fraction of sp³-hybridized carbons (Fsp3) is 0.786. The van der Waals surface area contributed by atoms with Crippen LogP contribution in [0.4, 0.5) is 9.59 Å². The molecule has 2 heterocycles. The highest BCUT2D eigenvalue weighted by Crippen LogP contribution is 2.35. The van der Waals surface area contributed by atoms with Gasteiger partial charge in [0.25, 0.3) is 0 Å². The number of carboxylic acids is 1. The van der Waals surface area contributed by atoms with E-state index in [0.29, 0.717) is 19.0 Å². The smallest absolute Gasteiger partial charge is 0.408 e. The Labute approximate surface area is 254 Å². The van der Waals surface area contributed by atoms with Gasteiger partial charge in [-0.25, -0.2) is 14.4 Å². The first-order valence-corrected chi connectivity index (χ1v) is 14.0. The first-order valence-electron chi connectivity index (χ1n) is 14.0. The van der Waals surface area contributed by atoms with Crippen molar-refractivity contribution in [1.29, 1.82) is 10.5 Å². The highest BCUT2D eigenvalue weighted by Gasteiger charge is 2.43. The molecule has 0 radical (unpaired) electrons. The monoisotopic (exact) mass is 612 g/mol. The van der Waals surface area contributed by atoms with Crippen molar-refractivity contribution in [2.75, 3.05) is 26.2 Å². The molecule has 2 saturated carbocycles. The number of nitriles is 2. The van der Waals surface area contributed by atoms with Crippen LogP contribution in [-0.4, -0.2) is 83.5 Å². The summed E-state index contributed by atoms with van der Waals surface area (Å²) in [5.41, 5.74) is -1.18. The minimum Gasteiger partial charge on any atom is -0.480 e. The zero-order chi connectivity index (χ0) is 31.0.